The van der Waals surface area contributed by atoms with Gasteiger partial charge in [-0.2, -0.15) is 0 Å². The lowest BCUT2D eigenvalue weighted by atomic mass is 10.0. The second-order valence-electron chi connectivity index (χ2n) is 2.93. The van der Waals surface area contributed by atoms with E-state index in [0.717, 1.165) is 17.7 Å². The predicted molar refractivity (Wildman–Crippen MR) is 60.8 cm³/mol. The third kappa shape index (κ3) is 3.18. The van der Waals surface area contributed by atoms with Crippen LogP contribution in [-0.2, 0) is 0 Å². The third-order valence-electron chi connectivity index (χ3n) is 2.02. The summed E-state index contributed by atoms with van der Waals surface area (Å²) in [5.41, 5.74) is 12.4. The molecule has 4 N–H and O–H groups in total. The van der Waals surface area contributed by atoms with Crippen molar-refractivity contribution < 1.29 is 4.74 Å². The number of nitrogens with two attached hydrogens (primary N) is 2. The summed E-state index contributed by atoms with van der Waals surface area (Å²) < 4.78 is 5.19. The fourth-order valence-corrected chi connectivity index (χ4v) is 1.31. The van der Waals surface area contributed by atoms with E-state index in [1.807, 2.05) is 24.3 Å². The molecule has 0 unspecified atom stereocenters. The van der Waals surface area contributed by atoms with Gasteiger partial charge in [-0.05, 0) is 19.0 Å². The Bertz CT molecular complexity index is 268. The van der Waals surface area contributed by atoms with Crippen molar-refractivity contribution in [1.82, 2.24) is 0 Å². The molecule has 4 heteroatoms. The van der Waals surface area contributed by atoms with Crippen LogP contribution in [0.4, 0.5) is 0 Å². The van der Waals surface area contributed by atoms with E-state index >= 15 is 0 Å². The molecule has 80 valence electrons. The minimum Gasteiger partial charge on any atom is -0.496 e. The van der Waals surface area contributed by atoms with Crippen molar-refractivity contribution in [1.29, 1.82) is 0 Å². The van der Waals surface area contributed by atoms with Crippen molar-refractivity contribution in [2.24, 2.45) is 11.5 Å². The average molecular weight is 217 g/mol. The van der Waals surface area contributed by atoms with Crippen LogP contribution in [-0.4, -0.2) is 13.7 Å². The Balaban J connectivity index is 0.00000169. The molecule has 14 heavy (non-hydrogen) atoms. The zero-order chi connectivity index (χ0) is 9.68. The molecule has 0 saturated carbocycles. The van der Waals surface area contributed by atoms with E-state index < -0.39 is 0 Å². The molecule has 0 aliphatic carbocycles. The van der Waals surface area contributed by atoms with Gasteiger partial charge in [0.15, 0.2) is 0 Å². The highest BCUT2D eigenvalue weighted by molar-refractivity contribution is 5.85. The molecule has 1 aromatic carbocycles. The first kappa shape index (κ1) is 13.2. The van der Waals surface area contributed by atoms with Gasteiger partial charge in [0.25, 0.3) is 0 Å². The van der Waals surface area contributed by atoms with Crippen molar-refractivity contribution >= 4 is 12.4 Å². The number of methoxy groups -OCH3 is 1. The molecule has 0 aromatic heterocycles. The molecule has 1 atom stereocenters. The highest BCUT2D eigenvalue weighted by Crippen LogP contribution is 2.24. The maximum absolute atomic E-state index is 5.92. The van der Waals surface area contributed by atoms with Crippen LogP contribution in [0.5, 0.6) is 5.75 Å². The van der Waals surface area contributed by atoms with Gasteiger partial charge in [0.05, 0.1) is 7.11 Å². The number of halogens is 1. The smallest absolute Gasteiger partial charge is 0.123 e. The van der Waals surface area contributed by atoms with Crippen LogP contribution in [0.2, 0.25) is 0 Å². The molecule has 1 aromatic rings. The van der Waals surface area contributed by atoms with Crippen molar-refractivity contribution in [2.75, 3.05) is 13.7 Å². The molecule has 0 bridgehead atoms. The molecular weight excluding hydrogens is 200 g/mol. The third-order valence-corrected chi connectivity index (χ3v) is 2.02. The average Bonchev–Trinajstić information content (AvgIpc) is 2.18. The maximum Gasteiger partial charge on any atom is 0.123 e. The standard InChI is InChI=1S/C10H16N2O.ClH/c1-13-10-5-3-2-4-8(10)9(12)6-7-11;/h2-5,9H,6-7,11-12H2,1H3;1H/t9-;/m1./s1. The van der Waals surface area contributed by atoms with E-state index in [-0.39, 0.29) is 18.4 Å². The van der Waals surface area contributed by atoms with Gasteiger partial charge < -0.3 is 16.2 Å². The van der Waals surface area contributed by atoms with Crippen LogP contribution in [0.3, 0.4) is 0 Å². The van der Waals surface area contributed by atoms with Crippen LogP contribution in [0.15, 0.2) is 24.3 Å². The Hall–Kier alpha value is -0.770. The molecule has 3 nitrogen and oxygen atoms in total. The number of hydrogen-bond donors (Lipinski definition) is 2. The first-order valence-electron chi connectivity index (χ1n) is 4.38. The Labute approximate surface area is 90.8 Å². The van der Waals surface area contributed by atoms with Gasteiger partial charge in [0.1, 0.15) is 5.75 Å². The van der Waals surface area contributed by atoms with Gasteiger partial charge in [-0.1, -0.05) is 18.2 Å². The molecule has 0 amide bonds. The van der Waals surface area contributed by atoms with Crippen LogP contribution < -0.4 is 16.2 Å². The molecule has 0 radical (unpaired) electrons. The van der Waals surface area contributed by atoms with Gasteiger partial charge in [-0.25, -0.2) is 0 Å². The van der Waals surface area contributed by atoms with Gasteiger partial charge in [-0.3, -0.25) is 0 Å². The van der Waals surface area contributed by atoms with Crippen LogP contribution in [0, 0.1) is 0 Å². The summed E-state index contributed by atoms with van der Waals surface area (Å²) >= 11 is 0. The van der Waals surface area contributed by atoms with Crippen LogP contribution in [0.1, 0.15) is 18.0 Å². The van der Waals surface area contributed by atoms with E-state index in [0.29, 0.717) is 6.54 Å². The van der Waals surface area contributed by atoms with Gasteiger partial charge in [0, 0.05) is 11.6 Å². The predicted octanol–water partition coefficient (Wildman–Crippen LogP) is 1.47. The van der Waals surface area contributed by atoms with E-state index in [1.54, 1.807) is 7.11 Å². The molecule has 0 aliphatic heterocycles. The Morgan fingerprint density at radius 1 is 1.36 bits per heavy atom. The van der Waals surface area contributed by atoms with Crippen molar-refractivity contribution in [3.05, 3.63) is 29.8 Å². The minimum absolute atomic E-state index is 0. The van der Waals surface area contributed by atoms with Crippen LogP contribution >= 0.6 is 12.4 Å². The number of para-hydroxylation sites is 1. The number of hydrogen-bond acceptors (Lipinski definition) is 3. The van der Waals surface area contributed by atoms with Gasteiger partial charge in [-0.15, -0.1) is 12.4 Å². The second-order valence-corrected chi connectivity index (χ2v) is 2.93. The molecule has 0 heterocycles. The number of ether oxygens (including phenoxy) is 1. The summed E-state index contributed by atoms with van der Waals surface area (Å²) in [5, 5.41) is 0. The summed E-state index contributed by atoms with van der Waals surface area (Å²) in [6.45, 7) is 0.596. The Morgan fingerprint density at radius 2 is 2.00 bits per heavy atom. The first-order chi connectivity index (χ1) is 6.29. The largest absolute Gasteiger partial charge is 0.496 e. The maximum atomic E-state index is 5.92. The highest BCUT2D eigenvalue weighted by atomic mass is 35.5. The quantitative estimate of drug-likeness (QED) is 0.801. The van der Waals surface area contributed by atoms with E-state index in [9.17, 15) is 0 Å². The van der Waals surface area contributed by atoms with Gasteiger partial charge in [0.2, 0.25) is 0 Å². The summed E-state index contributed by atoms with van der Waals surface area (Å²) in [6.07, 6.45) is 0.778. The summed E-state index contributed by atoms with van der Waals surface area (Å²) in [7, 11) is 1.65. The minimum atomic E-state index is -0.0267. The van der Waals surface area contributed by atoms with Crippen molar-refractivity contribution in [2.45, 2.75) is 12.5 Å². The zero-order valence-electron chi connectivity index (χ0n) is 8.27. The fourth-order valence-electron chi connectivity index (χ4n) is 1.31. The Kier molecular flexibility index (Phi) is 6.28. The highest BCUT2D eigenvalue weighted by Gasteiger charge is 2.09. The first-order valence-corrected chi connectivity index (χ1v) is 4.38. The lowest BCUT2D eigenvalue weighted by molar-refractivity contribution is 0.404. The Morgan fingerprint density at radius 3 is 2.57 bits per heavy atom. The summed E-state index contributed by atoms with van der Waals surface area (Å²) in [4.78, 5) is 0. The lowest BCUT2D eigenvalue weighted by Gasteiger charge is -2.14. The number of rotatable bonds is 4. The van der Waals surface area contributed by atoms with Crippen molar-refractivity contribution in [3.63, 3.8) is 0 Å². The molecular formula is C10H17ClN2O. The molecule has 0 spiro atoms. The zero-order valence-corrected chi connectivity index (χ0v) is 9.09. The van der Waals surface area contributed by atoms with E-state index in [2.05, 4.69) is 0 Å². The normalized spacial score (nSPS) is 11.6. The SMILES string of the molecule is COc1ccccc1[C@H](N)CCN.Cl. The molecule has 0 aliphatic rings. The molecule has 0 fully saturated rings. The van der Waals surface area contributed by atoms with E-state index in [4.69, 9.17) is 16.2 Å². The molecule has 0 saturated heterocycles. The molecule has 1 rings (SSSR count). The van der Waals surface area contributed by atoms with E-state index in [1.165, 1.54) is 0 Å². The van der Waals surface area contributed by atoms with Gasteiger partial charge >= 0.3 is 0 Å². The van der Waals surface area contributed by atoms with Crippen molar-refractivity contribution in [3.8, 4) is 5.75 Å². The number of benzene rings is 1. The topological polar surface area (TPSA) is 61.3 Å². The summed E-state index contributed by atoms with van der Waals surface area (Å²) in [6, 6.07) is 7.73. The van der Waals surface area contributed by atoms with Crippen LogP contribution in [0.25, 0.3) is 0 Å². The second kappa shape index (κ2) is 6.65. The monoisotopic (exact) mass is 216 g/mol. The lowest BCUT2D eigenvalue weighted by Crippen LogP contribution is -2.15. The summed E-state index contributed by atoms with van der Waals surface area (Å²) in [5.74, 6) is 0.837. The fraction of sp³-hybridized carbons (Fsp3) is 0.400.